The predicted molar refractivity (Wildman–Crippen MR) is 80.1 cm³/mol. The van der Waals surface area contributed by atoms with Crippen LogP contribution in [0, 0.1) is 11.6 Å². The van der Waals surface area contributed by atoms with Gasteiger partial charge in [0, 0.05) is 6.07 Å². The molecule has 4 heteroatoms. The molecular weight excluding hydrogens is 361 g/mol. The number of rotatable bonds is 5. The smallest absolute Gasteiger partial charge is 0.162 e. The zero-order chi connectivity index (χ0) is 13.7. The fourth-order valence-electron chi connectivity index (χ4n) is 1.71. The Balaban J connectivity index is 2.11. The summed E-state index contributed by atoms with van der Waals surface area (Å²) < 4.78 is 32.5. The molecule has 0 amide bonds. The number of hydrogen-bond acceptors (Lipinski definition) is 1. The topological polar surface area (TPSA) is 9.23 Å². The maximum absolute atomic E-state index is 13.1. The number of alkyl halides is 1. The second-order valence-electron chi connectivity index (χ2n) is 4.12. The fraction of sp³-hybridized carbons (Fsp3) is 0.200. The SMILES string of the molecule is Fc1ccc(Oc2cccc(CCCI)c2)cc1F. The molecular formula is C15H13F2IO. The van der Waals surface area contributed by atoms with Crippen LogP contribution in [0.2, 0.25) is 0 Å². The van der Waals surface area contributed by atoms with Crippen molar-refractivity contribution in [3.8, 4) is 11.5 Å². The molecule has 19 heavy (non-hydrogen) atoms. The van der Waals surface area contributed by atoms with E-state index in [2.05, 4.69) is 22.6 Å². The van der Waals surface area contributed by atoms with Crippen LogP contribution in [0.4, 0.5) is 8.78 Å². The van der Waals surface area contributed by atoms with Gasteiger partial charge >= 0.3 is 0 Å². The summed E-state index contributed by atoms with van der Waals surface area (Å²) >= 11 is 2.34. The van der Waals surface area contributed by atoms with Crippen molar-refractivity contribution >= 4 is 22.6 Å². The lowest BCUT2D eigenvalue weighted by Gasteiger charge is -2.07. The molecule has 0 saturated heterocycles. The number of aryl methyl sites for hydroxylation is 1. The third kappa shape index (κ3) is 4.16. The summed E-state index contributed by atoms with van der Waals surface area (Å²) in [6.45, 7) is 0. The molecule has 0 bridgehead atoms. The maximum atomic E-state index is 13.1. The van der Waals surface area contributed by atoms with Gasteiger partial charge in [-0.3, -0.25) is 0 Å². The van der Waals surface area contributed by atoms with Crippen molar-refractivity contribution < 1.29 is 13.5 Å². The van der Waals surface area contributed by atoms with Gasteiger partial charge in [0.05, 0.1) is 0 Å². The zero-order valence-electron chi connectivity index (χ0n) is 10.2. The van der Waals surface area contributed by atoms with Gasteiger partial charge in [-0.05, 0) is 47.1 Å². The molecule has 1 nitrogen and oxygen atoms in total. The second-order valence-corrected chi connectivity index (χ2v) is 5.20. The molecule has 2 rings (SSSR count). The molecule has 0 aliphatic heterocycles. The zero-order valence-corrected chi connectivity index (χ0v) is 12.4. The number of hydrogen-bond donors (Lipinski definition) is 0. The minimum absolute atomic E-state index is 0.296. The highest BCUT2D eigenvalue weighted by molar-refractivity contribution is 14.1. The van der Waals surface area contributed by atoms with Gasteiger partial charge in [-0.1, -0.05) is 34.7 Å². The molecule has 0 radical (unpaired) electrons. The first-order valence-electron chi connectivity index (χ1n) is 5.97. The lowest BCUT2D eigenvalue weighted by Crippen LogP contribution is -1.90. The van der Waals surface area contributed by atoms with E-state index < -0.39 is 11.6 Å². The Morgan fingerprint density at radius 2 is 1.74 bits per heavy atom. The Bertz CT molecular complexity index is 558. The molecule has 0 aliphatic rings. The van der Waals surface area contributed by atoms with Crippen LogP contribution in [0.15, 0.2) is 42.5 Å². The number of halogens is 3. The van der Waals surface area contributed by atoms with Crippen LogP contribution in [0.5, 0.6) is 11.5 Å². The molecule has 2 aromatic carbocycles. The summed E-state index contributed by atoms with van der Waals surface area (Å²) in [6, 6.07) is 11.2. The summed E-state index contributed by atoms with van der Waals surface area (Å²) in [4.78, 5) is 0. The second kappa shape index (κ2) is 6.84. The van der Waals surface area contributed by atoms with Crippen LogP contribution in [0.25, 0.3) is 0 Å². The average molecular weight is 374 g/mol. The van der Waals surface area contributed by atoms with Crippen molar-refractivity contribution in [3.05, 3.63) is 59.7 Å². The van der Waals surface area contributed by atoms with E-state index in [1.165, 1.54) is 11.6 Å². The summed E-state index contributed by atoms with van der Waals surface area (Å²) in [5, 5.41) is 0. The van der Waals surface area contributed by atoms with Crippen LogP contribution >= 0.6 is 22.6 Å². The van der Waals surface area contributed by atoms with E-state index in [-0.39, 0.29) is 0 Å². The van der Waals surface area contributed by atoms with E-state index in [1.807, 2.05) is 18.2 Å². The first kappa shape index (κ1) is 14.2. The summed E-state index contributed by atoms with van der Waals surface area (Å²) in [5.74, 6) is -0.844. The maximum Gasteiger partial charge on any atom is 0.162 e. The van der Waals surface area contributed by atoms with E-state index in [9.17, 15) is 8.78 Å². The highest BCUT2D eigenvalue weighted by atomic mass is 127. The first-order valence-corrected chi connectivity index (χ1v) is 7.49. The lowest BCUT2D eigenvalue weighted by molar-refractivity contribution is 0.461. The lowest BCUT2D eigenvalue weighted by atomic mass is 10.1. The summed E-state index contributed by atoms with van der Waals surface area (Å²) in [7, 11) is 0. The summed E-state index contributed by atoms with van der Waals surface area (Å²) in [6.07, 6.45) is 2.09. The quantitative estimate of drug-likeness (QED) is 0.521. The molecule has 0 saturated carbocycles. The third-order valence-electron chi connectivity index (χ3n) is 2.62. The van der Waals surface area contributed by atoms with Crippen molar-refractivity contribution in [2.75, 3.05) is 4.43 Å². The Morgan fingerprint density at radius 1 is 0.947 bits per heavy atom. The highest BCUT2D eigenvalue weighted by Crippen LogP contribution is 2.24. The Hall–Kier alpha value is -1.17. The van der Waals surface area contributed by atoms with Gasteiger partial charge in [0.25, 0.3) is 0 Å². The van der Waals surface area contributed by atoms with Crippen LogP contribution in [-0.2, 0) is 6.42 Å². The Labute approximate surface area is 124 Å². The van der Waals surface area contributed by atoms with Crippen molar-refractivity contribution in [2.24, 2.45) is 0 Å². The molecule has 100 valence electrons. The van der Waals surface area contributed by atoms with E-state index in [0.717, 1.165) is 29.4 Å². The van der Waals surface area contributed by atoms with Crippen molar-refractivity contribution in [1.82, 2.24) is 0 Å². The van der Waals surface area contributed by atoms with Crippen molar-refractivity contribution in [3.63, 3.8) is 0 Å². The molecule has 0 N–H and O–H groups in total. The molecule has 0 fully saturated rings. The van der Waals surface area contributed by atoms with Gasteiger partial charge in [-0.15, -0.1) is 0 Å². The molecule has 0 aromatic heterocycles. The largest absolute Gasteiger partial charge is 0.457 e. The Kier molecular flexibility index (Phi) is 5.13. The minimum Gasteiger partial charge on any atom is -0.457 e. The van der Waals surface area contributed by atoms with Crippen LogP contribution in [0.3, 0.4) is 0 Å². The van der Waals surface area contributed by atoms with Crippen molar-refractivity contribution in [1.29, 1.82) is 0 Å². The van der Waals surface area contributed by atoms with Gasteiger partial charge in [0.2, 0.25) is 0 Å². The normalized spacial score (nSPS) is 10.5. The first-order chi connectivity index (χ1) is 9.19. The summed E-state index contributed by atoms with van der Waals surface area (Å²) in [5.41, 5.74) is 1.18. The standard InChI is InChI=1S/C15H13F2IO/c16-14-7-6-13(10-15(14)17)19-12-5-1-3-11(9-12)4-2-8-18/h1,3,5-7,9-10H,2,4,8H2. The van der Waals surface area contributed by atoms with Gasteiger partial charge in [-0.2, -0.15) is 0 Å². The number of ether oxygens (including phenoxy) is 1. The predicted octanol–water partition coefficient (Wildman–Crippen LogP) is 5.12. The van der Waals surface area contributed by atoms with Gasteiger partial charge in [0.15, 0.2) is 11.6 Å². The van der Waals surface area contributed by atoms with Crippen LogP contribution < -0.4 is 4.74 Å². The average Bonchev–Trinajstić information content (AvgIpc) is 2.41. The molecule has 0 unspecified atom stereocenters. The highest BCUT2D eigenvalue weighted by Gasteiger charge is 2.04. The number of benzene rings is 2. The molecule has 0 aliphatic carbocycles. The van der Waals surface area contributed by atoms with E-state index in [1.54, 1.807) is 6.07 Å². The molecule has 2 aromatic rings. The molecule has 0 spiro atoms. The fourth-order valence-corrected chi connectivity index (χ4v) is 2.09. The van der Waals surface area contributed by atoms with Gasteiger partial charge in [-0.25, -0.2) is 8.78 Å². The van der Waals surface area contributed by atoms with Gasteiger partial charge in [0.1, 0.15) is 11.5 Å². The van der Waals surface area contributed by atoms with Crippen molar-refractivity contribution in [2.45, 2.75) is 12.8 Å². The monoisotopic (exact) mass is 374 g/mol. The van der Waals surface area contributed by atoms with Crippen LogP contribution in [0.1, 0.15) is 12.0 Å². The third-order valence-corrected chi connectivity index (χ3v) is 3.39. The Morgan fingerprint density at radius 3 is 2.47 bits per heavy atom. The van der Waals surface area contributed by atoms with Gasteiger partial charge < -0.3 is 4.74 Å². The van der Waals surface area contributed by atoms with E-state index in [4.69, 9.17) is 4.74 Å². The van der Waals surface area contributed by atoms with Crippen LogP contribution in [-0.4, -0.2) is 4.43 Å². The van der Waals surface area contributed by atoms with E-state index in [0.29, 0.717) is 11.5 Å². The molecule has 0 heterocycles. The van der Waals surface area contributed by atoms with E-state index >= 15 is 0 Å². The molecule has 0 atom stereocenters. The minimum atomic E-state index is -0.904.